The molecule has 0 atom stereocenters. The van der Waals surface area contributed by atoms with E-state index >= 15 is 0 Å². The molecule has 0 saturated heterocycles. The summed E-state index contributed by atoms with van der Waals surface area (Å²) in [4.78, 5) is 13.0. The van der Waals surface area contributed by atoms with Crippen LogP contribution < -0.4 is 10.6 Å². The summed E-state index contributed by atoms with van der Waals surface area (Å²) in [7, 11) is 0. The Hall–Kier alpha value is -1.72. The van der Waals surface area contributed by atoms with E-state index in [1.807, 2.05) is 0 Å². The molecule has 3 nitrogen and oxygen atoms in total. The molecule has 4 rings (SSSR count). The number of urea groups is 1. The minimum Gasteiger partial charge on any atom is -0.335 e. The third-order valence-corrected chi connectivity index (χ3v) is 7.85. The van der Waals surface area contributed by atoms with Crippen LogP contribution in [0, 0.1) is 11.8 Å². The van der Waals surface area contributed by atoms with Gasteiger partial charge in [-0.25, -0.2) is 4.79 Å². The fraction of sp³-hybridized carbons (Fsp3) is 0.720. The normalized spacial score (nSPS) is 21.9. The second-order valence-corrected chi connectivity index (χ2v) is 10.1. The van der Waals surface area contributed by atoms with E-state index < -0.39 is 17.3 Å². The first-order chi connectivity index (χ1) is 14.8. The summed E-state index contributed by atoms with van der Waals surface area (Å²) in [5.41, 5.74) is -0.423. The molecule has 0 aliphatic heterocycles. The first kappa shape index (κ1) is 22.5. The van der Waals surface area contributed by atoms with Gasteiger partial charge in [0.2, 0.25) is 0 Å². The van der Waals surface area contributed by atoms with Gasteiger partial charge in [0.25, 0.3) is 0 Å². The van der Waals surface area contributed by atoms with Crippen LogP contribution >= 0.6 is 0 Å². The molecule has 0 spiro atoms. The standard InChI is InChI=1S/C25H35F3N2O/c26-25(27,28)21-12-10-20(11-13-21)24(14-5-15-24)30-23(31)29-22(16-18-6-1-2-7-18)17-19-8-3-4-9-19/h10-13,18-19,22H,1-9,14-17H2,(H2,29,30,31). The maximum Gasteiger partial charge on any atom is 0.416 e. The smallest absolute Gasteiger partial charge is 0.335 e. The van der Waals surface area contributed by atoms with E-state index in [2.05, 4.69) is 10.6 Å². The molecule has 0 radical (unpaired) electrons. The van der Waals surface area contributed by atoms with Crippen molar-refractivity contribution in [1.29, 1.82) is 0 Å². The lowest BCUT2D eigenvalue weighted by molar-refractivity contribution is -0.137. The van der Waals surface area contributed by atoms with Crippen molar-refractivity contribution < 1.29 is 18.0 Å². The summed E-state index contributed by atoms with van der Waals surface area (Å²) < 4.78 is 38.8. The summed E-state index contributed by atoms with van der Waals surface area (Å²) in [6.07, 6.45) is 10.5. The van der Waals surface area contributed by atoms with Crippen molar-refractivity contribution in [2.24, 2.45) is 11.8 Å². The second-order valence-electron chi connectivity index (χ2n) is 10.1. The topological polar surface area (TPSA) is 41.1 Å². The molecule has 172 valence electrons. The van der Waals surface area contributed by atoms with Gasteiger partial charge in [0, 0.05) is 6.04 Å². The van der Waals surface area contributed by atoms with Crippen molar-refractivity contribution in [3.63, 3.8) is 0 Å². The highest BCUT2D eigenvalue weighted by Gasteiger charge is 2.41. The van der Waals surface area contributed by atoms with E-state index in [1.165, 1.54) is 63.5 Å². The van der Waals surface area contributed by atoms with E-state index in [9.17, 15) is 18.0 Å². The molecule has 0 unspecified atom stereocenters. The molecule has 2 amide bonds. The fourth-order valence-electron chi connectivity index (χ4n) is 5.94. The number of hydrogen-bond donors (Lipinski definition) is 2. The zero-order chi connectivity index (χ0) is 21.9. The van der Waals surface area contributed by atoms with Gasteiger partial charge in [-0.05, 0) is 61.6 Å². The van der Waals surface area contributed by atoms with E-state index in [0.29, 0.717) is 11.8 Å². The quantitative estimate of drug-likeness (QED) is 0.479. The Kier molecular flexibility index (Phi) is 6.83. The fourth-order valence-corrected chi connectivity index (χ4v) is 5.94. The number of hydrogen-bond acceptors (Lipinski definition) is 1. The van der Waals surface area contributed by atoms with E-state index in [4.69, 9.17) is 0 Å². The van der Waals surface area contributed by atoms with Gasteiger partial charge in [0.1, 0.15) is 0 Å². The summed E-state index contributed by atoms with van der Waals surface area (Å²) in [6.45, 7) is 0. The van der Waals surface area contributed by atoms with Crippen LogP contribution in [0.4, 0.5) is 18.0 Å². The first-order valence-corrected chi connectivity index (χ1v) is 12.1. The van der Waals surface area contributed by atoms with Crippen LogP contribution in [0.5, 0.6) is 0 Å². The number of rotatable bonds is 7. The molecule has 0 bridgehead atoms. The second kappa shape index (κ2) is 9.41. The molecule has 3 aliphatic carbocycles. The Morgan fingerprint density at radius 1 is 0.903 bits per heavy atom. The van der Waals surface area contributed by atoms with Gasteiger partial charge < -0.3 is 10.6 Å². The Bertz CT molecular complexity index is 712. The SMILES string of the molecule is O=C(NC(CC1CCCC1)CC1CCCC1)NC1(c2ccc(C(F)(F)F)cc2)CCC1. The van der Waals surface area contributed by atoms with Crippen molar-refractivity contribution >= 4 is 6.03 Å². The average molecular weight is 437 g/mol. The van der Waals surface area contributed by atoms with Crippen LogP contribution in [-0.2, 0) is 11.7 Å². The molecule has 3 fully saturated rings. The van der Waals surface area contributed by atoms with Gasteiger partial charge in [0.15, 0.2) is 0 Å². The van der Waals surface area contributed by atoms with Crippen molar-refractivity contribution in [3.05, 3.63) is 35.4 Å². The third kappa shape index (κ3) is 5.56. The maximum absolute atomic E-state index is 13.0. The summed E-state index contributed by atoms with van der Waals surface area (Å²) in [5.74, 6) is 1.42. The van der Waals surface area contributed by atoms with Crippen LogP contribution in [0.3, 0.4) is 0 Å². The van der Waals surface area contributed by atoms with Crippen molar-refractivity contribution in [1.82, 2.24) is 10.6 Å². The average Bonchev–Trinajstić information content (AvgIpc) is 3.38. The Balaban J connectivity index is 1.40. The van der Waals surface area contributed by atoms with Gasteiger partial charge in [-0.15, -0.1) is 0 Å². The highest BCUT2D eigenvalue weighted by Crippen LogP contribution is 2.42. The monoisotopic (exact) mass is 436 g/mol. The Morgan fingerprint density at radius 2 is 1.42 bits per heavy atom. The molecular formula is C25H35F3N2O. The van der Waals surface area contributed by atoms with E-state index in [0.717, 1.165) is 49.8 Å². The molecular weight excluding hydrogens is 401 g/mol. The van der Waals surface area contributed by atoms with Gasteiger partial charge in [-0.1, -0.05) is 63.5 Å². The molecule has 2 N–H and O–H groups in total. The summed E-state index contributed by atoms with van der Waals surface area (Å²) >= 11 is 0. The largest absolute Gasteiger partial charge is 0.416 e. The van der Waals surface area contributed by atoms with Crippen LogP contribution in [0.15, 0.2) is 24.3 Å². The molecule has 3 saturated carbocycles. The summed E-state index contributed by atoms with van der Waals surface area (Å²) in [5, 5.41) is 6.42. The number of halogens is 3. The minimum atomic E-state index is -4.34. The van der Waals surface area contributed by atoms with Gasteiger partial charge in [-0.2, -0.15) is 13.2 Å². The van der Waals surface area contributed by atoms with Crippen LogP contribution in [0.25, 0.3) is 0 Å². The predicted octanol–water partition coefficient (Wildman–Crippen LogP) is 6.91. The molecule has 1 aromatic rings. The van der Waals surface area contributed by atoms with Gasteiger partial charge in [-0.3, -0.25) is 0 Å². The molecule has 3 aliphatic rings. The molecule has 6 heteroatoms. The van der Waals surface area contributed by atoms with Crippen LogP contribution in [0.1, 0.15) is 94.6 Å². The first-order valence-electron chi connectivity index (χ1n) is 12.1. The van der Waals surface area contributed by atoms with Gasteiger partial charge in [0.05, 0.1) is 11.1 Å². The Labute approximate surface area is 183 Å². The lowest BCUT2D eigenvalue weighted by atomic mass is 9.71. The van der Waals surface area contributed by atoms with Crippen LogP contribution in [0.2, 0.25) is 0 Å². The maximum atomic E-state index is 13.0. The highest BCUT2D eigenvalue weighted by molar-refractivity contribution is 5.75. The van der Waals surface area contributed by atoms with E-state index in [1.54, 1.807) is 0 Å². The number of benzene rings is 1. The van der Waals surface area contributed by atoms with E-state index in [-0.39, 0.29) is 12.1 Å². The zero-order valence-electron chi connectivity index (χ0n) is 18.3. The summed E-state index contributed by atoms with van der Waals surface area (Å²) in [6, 6.07) is 5.32. The number of nitrogens with one attached hydrogen (secondary N) is 2. The van der Waals surface area contributed by atoms with Crippen molar-refractivity contribution in [3.8, 4) is 0 Å². The lowest BCUT2D eigenvalue weighted by Gasteiger charge is -2.43. The zero-order valence-corrected chi connectivity index (χ0v) is 18.3. The molecule has 0 aromatic heterocycles. The highest BCUT2D eigenvalue weighted by atomic mass is 19.4. The number of alkyl halides is 3. The minimum absolute atomic E-state index is 0.166. The molecule has 1 aromatic carbocycles. The molecule has 31 heavy (non-hydrogen) atoms. The Morgan fingerprint density at radius 3 is 1.84 bits per heavy atom. The third-order valence-electron chi connectivity index (χ3n) is 7.85. The van der Waals surface area contributed by atoms with Crippen molar-refractivity contribution in [2.75, 3.05) is 0 Å². The number of carbonyl (C=O) groups excluding carboxylic acids is 1. The number of amides is 2. The number of carbonyl (C=O) groups is 1. The van der Waals surface area contributed by atoms with Crippen molar-refractivity contribution in [2.45, 2.75) is 101 Å². The van der Waals surface area contributed by atoms with Gasteiger partial charge >= 0.3 is 12.2 Å². The lowest BCUT2D eigenvalue weighted by Crippen LogP contribution is -2.55. The predicted molar refractivity (Wildman–Crippen MR) is 116 cm³/mol. The molecule has 0 heterocycles. The van der Waals surface area contributed by atoms with Crippen LogP contribution in [-0.4, -0.2) is 12.1 Å².